The summed E-state index contributed by atoms with van der Waals surface area (Å²) in [5.41, 5.74) is 2.91. The zero-order chi connectivity index (χ0) is 8.27. The van der Waals surface area contributed by atoms with Crippen LogP contribution in [0.4, 0.5) is 0 Å². The van der Waals surface area contributed by atoms with Gasteiger partial charge in [0.25, 0.3) is 0 Å². The van der Waals surface area contributed by atoms with Gasteiger partial charge in [0, 0.05) is 13.8 Å². The Morgan fingerprint density at radius 3 is 2.82 bits per heavy atom. The summed E-state index contributed by atoms with van der Waals surface area (Å²) < 4.78 is 1.42. The van der Waals surface area contributed by atoms with E-state index in [-0.39, 0.29) is 0 Å². The normalized spacial score (nSPS) is 10.4. The van der Waals surface area contributed by atoms with Crippen molar-refractivity contribution >= 4 is 32.8 Å². The van der Waals surface area contributed by atoms with Crippen molar-refractivity contribution < 1.29 is 0 Å². The van der Waals surface area contributed by atoms with Crippen molar-refractivity contribution in [2.45, 2.75) is 19.4 Å². The van der Waals surface area contributed by atoms with Crippen molar-refractivity contribution in [3.05, 3.63) is 32.9 Å². The number of aryl methyl sites for hydroxylation is 2. The van der Waals surface area contributed by atoms with Gasteiger partial charge in [0.1, 0.15) is 0 Å². The van der Waals surface area contributed by atoms with Crippen molar-refractivity contribution in [3.63, 3.8) is 0 Å². The molecule has 0 N–H and O–H groups in total. The highest BCUT2D eigenvalue weighted by Crippen LogP contribution is 2.15. The van der Waals surface area contributed by atoms with E-state index in [1.165, 1.54) is 37.4 Å². The van der Waals surface area contributed by atoms with E-state index in [9.17, 15) is 0 Å². The van der Waals surface area contributed by atoms with Crippen LogP contribution in [0.2, 0.25) is 6.04 Å². The van der Waals surface area contributed by atoms with Crippen LogP contribution in [0.25, 0.3) is 0 Å². The van der Waals surface area contributed by atoms with E-state index in [1.54, 1.807) is 0 Å². The Labute approximate surface area is 85.0 Å². The van der Waals surface area contributed by atoms with Crippen LogP contribution in [0, 0.1) is 10.5 Å². The molecule has 0 atom stereocenters. The summed E-state index contributed by atoms with van der Waals surface area (Å²) in [6, 6.07) is 8.07. The zero-order valence-electron chi connectivity index (χ0n) is 7.02. The lowest BCUT2D eigenvalue weighted by atomic mass is 10.1. The molecule has 0 saturated carbocycles. The average molecular weight is 276 g/mol. The molecule has 0 aliphatic heterocycles. The molecule has 0 unspecified atom stereocenters. The minimum Gasteiger partial charge on any atom is -0.0618 e. The fourth-order valence-electron chi connectivity index (χ4n) is 1.16. The summed E-state index contributed by atoms with van der Waals surface area (Å²) >= 11 is 2.42. The van der Waals surface area contributed by atoms with E-state index < -0.39 is 0 Å². The van der Waals surface area contributed by atoms with Crippen LogP contribution in [0.5, 0.6) is 0 Å². The Morgan fingerprint density at radius 1 is 1.45 bits per heavy atom. The molecule has 11 heavy (non-hydrogen) atoms. The highest BCUT2D eigenvalue weighted by Gasteiger charge is 1.97. The van der Waals surface area contributed by atoms with Gasteiger partial charge in [0.15, 0.2) is 0 Å². The maximum absolute atomic E-state index is 2.42. The van der Waals surface area contributed by atoms with E-state index in [0.29, 0.717) is 0 Å². The minimum absolute atomic E-state index is 1.27. The van der Waals surface area contributed by atoms with Crippen molar-refractivity contribution in [1.82, 2.24) is 0 Å². The Morgan fingerprint density at radius 2 is 2.18 bits per heavy atom. The highest BCUT2D eigenvalue weighted by molar-refractivity contribution is 14.1. The van der Waals surface area contributed by atoms with Crippen LogP contribution in [-0.2, 0) is 6.42 Å². The number of hydrogen-bond donors (Lipinski definition) is 0. The molecule has 1 aromatic carbocycles. The summed E-state index contributed by atoms with van der Waals surface area (Å²) in [6.45, 7) is 2.16. The predicted octanol–water partition coefficient (Wildman–Crippen LogP) is 1.93. The number of hydrogen-bond acceptors (Lipinski definition) is 0. The monoisotopic (exact) mass is 276 g/mol. The molecule has 1 rings (SSSR count). The third kappa shape index (κ3) is 2.59. The molecule has 1 aromatic rings. The van der Waals surface area contributed by atoms with Crippen LogP contribution >= 0.6 is 22.6 Å². The average Bonchev–Trinajstić information content (AvgIpc) is 1.98. The molecule has 0 nitrogen and oxygen atoms in total. The molecule has 0 heterocycles. The lowest BCUT2D eigenvalue weighted by Gasteiger charge is -2.02. The van der Waals surface area contributed by atoms with E-state index in [2.05, 4.69) is 47.7 Å². The van der Waals surface area contributed by atoms with Crippen LogP contribution in [-0.4, -0.2) is 10.2 Å². The first-order valence-corrected chi connectivity index (χ1v) is 6.48. The summed E-state index contributed by atoms with van der Waals surface area (Å²) in [7, 11) is 1.32. The fourth-order valence-corrected chi connectivity index (χ4v) is 2.31. The molecule has 0 aliphatic rings. The van der Waals surface area contributed by atoms with Gasteiger partial charge in [-0.15, -0.1) is 0 Å². The van der Waals surface area contributed by atoms with Gasteiger partial charge in [-0.25, -0.2) is 0 Å². The number of halogens is 1. The molecule has 0 spiro atoms. The second kappa shape index (κ2) is 4.26. The molecular weight excluding hydrogens is 263 g/mol. The van der Waals surface area contributed by atoms with E-state index in [0.717, 1.165) is 0 Å². The van der Waals surface area contributed by atoms with Crippen LogP contribution in [0.1, 0.15) is 11.1 Å². The first-order valence-electron chi connectivity index (χ1n) is 3.99. The predicted molar refractivity (Wildman–Crippen MR) is 62.3 cm³/mol. The molecular formula is C9H13ISi. The SMILES string of the molecule is Cc1ccc(I)c(CC[SiH3])c1. The molecule has 0 fully saturated rings. The molecule has 0 saturated heterocycles. The molecule has 2 heteroatoms. The van der Waals surface area contributed by atoms with Gasteiger partial charge < -0.3 is 0 Å². The topological polar surface area (TPSA) is 0 Å². The summed E-state index contributed by atoms with van der Waals surface area (Å²) in [4.78, 5) is 0. The zero-order valence-corrected chi connectivity index (χ0v) is 11.2. The summed E-state index contributed by atoms with van der Waals surface area (Å²) in [6.07, 6.45) is 1.27. The largest absolute Gasteiger partial charge is 0.0618 e. The smallest absolute Gasteiger partial charge is 0.0162 e. The minimum atomic E-state index is 1.27. The maximum atomic E-state index is 2.42. The van der Waals surface area contributed by atoms with Crippen molar-refractivity contribution in [2.75, 3.05) is 0 Å². The van der Waals surface area contributed by atoms with Crippen LogP contribution in [0.15, 0.2) is 18.2 Å². The third-order valence-electron chi connectivity index (χ3n) is 1.72. The molecule has 0 amide bonds. The molecule has 60 valence electrons. The van der Waals surface area contributed by atoms with Gasteiger partial charge in [0.2, 0.25) is 0 Å². The third-order valence-corrected chi connectivity index (χ3v) is 3.27. The molecule has 0 radical (unpaired) electrons. The Hall–Kier alpha value is 0.167. The summed E-state index contributed by atoms with van der Waals surface area (Å²) in [5.74, 6) is 0. The quantitative estimate of drug-likeness (QED) is 0.572. The standard InChI is InChI=1S/C9H13ISi/c1-7-2-3-9(10)8(6-7)4-5-11/h2-3,6H,4-5H2,1,11H3. The van der Waals surface area contributed by atoms with Gasteiger partial charge in [0.05, 0.1) is 0 Å². The lowest BCUT2D eigenvalue weighted by molar-refractivity contribution is 1.11. The van der Waals surface area contributed by atoms with Gasteiger partial charge in [-0.1, -0.05) is 23.7 Å². The van der Waals surface area contributed by atoms with Crippen molar-refractivity contribution in [2.24, 2.45) is 0 Å². The van der Waals surface area contributed by atoms with Gasteiger partial charge in [-0.3, -0.25) is 0 Å². The number of rotatable bonds is 2. The van der Waals surface area contributed by atoms with Gasteiger partial charge in [-0.2, -0.15) is 0 Å². The van der Waals surface area contributed by atoms with Crippen molar-refractivity contribution in [1.29, 1.82) is 0 Å². The second-order valence-electron chi connectivity index (χ2n) is 2.84. The molecule has 0 aromatic heterocycles. The first kappa shape index (κ1) is 9.26. The van der Waals surface area contributed by atoms with Crippen molar-refractivity contribution in [3.8, 4) is 0 Å². The van der Waals surface area contributed by atoms with E-state index in [1.807, 2.05) is 0 Å². The van der Waals surface area contributed by atoms with Gasteiger partial charge >= 0.3 is 0 Å². The lowest BCUT2D eigenvalue weighted by Crippen LogP contribution is -1.89. The maximum Gasteiger partial charge on any atom is 0.0162 e. The van der Waals surface area contributed by atoms with E-state index >= 15 is 0 Å². The fraction of sp³-hybridized carbons (Fsp3) is 0.333. The second-order valence-corrected chi connectivity index (χ2v) is 5.01. The first-order chi connectivity index (χ1) is 5.24. The Balaban J connectivity index is 2.93. The molecule has 0 aliphatic carbocycles. The number of benzene rings is 1. The highest BCUT2D eigenvalue weighted by atomic mass is 127. The van der Waals surface area contributed by atoms with Gasteiger partial charge in [-0.05, 0) is 47.6 Å². The van der Waals surface area contributed by atoms with E-state index in [4.69, 9.17) is 0 Å². The Bertz CT molecular complexity index is 245. The Kier molecular flexibility index (Phi) is 3.58. The summed E-state index contributed by atoms with van der Waals surface area (Å²) in [5, 5.41) is 0. The van der Waals surface area contributed by atoms with Crippen LogP contribution < -0.4 is 0 Å². The van der Waals surface area contributed by atoms with Crippen LogP contribution in [0.3, 0.4) is 0 Å². The molecule has 0 bridgehead atoms.